The number of aromatic nitrogens is 1. The van der Waals surface area contributed by atoms with Crippen molar-refractivity contribution in [3.8, 4) is 11.3 Å². The number of amides is 1. The lowest BCUT2D eigenvalue weighted by molar-refractivity contribution is 0.102. The Kier molecular flexibility index (Phi) is 4.03. The molecule has 2 heterocycles. The fourth-order valence-corrected chi connectivity index (χ4v) is 3.40. The van der Waals surface area contributed by atoms with Gasteiger partial charge in [-0.2, -0.15) is 4.37 Å². The first-order valence-corrected chi connectivity index (χ1v) is 8.79. The lowest BCUT2D eigenvalue weighted by atomic mass is 10.1. The average Bonchev–Trinajstić information content (AvgIpc) is 3.19. The van der Waals surface area contributed by atoms with Gasteiger partial charge in [-0.25, -0.2) is 0 Å². The predicted octanol–water partition coefficient (Wildman–Crippen LogP) is 5.77. The molecule has 1 amide bonds. The fourth-order valence-electron chi connectivity index (χ4n) is 2.53. The number of benzene rings is 2. The number of furan rings is 1. The van der Waals surface area contributed by atoms with Crippen LogP contribution in [0.2, 0.25) is 5.02 Å². The molecule has 0 aliphatic rings. The van der Waals surface area contributed by atoms with Gasteiger partial charge in [0, 0.05) is 21.5 Å². The quantitative estimate of drug-likeness (QED) is 0.499. The molecule has 0 radical (unpaired) electrons. The van der Waals surface area contributed by atoms with E-state index in [4.69, 9.17) is 16.0 Å². The first-order chi connectivity index (χ1) is 12.1. The van der Waals surface area contributed by atoms with E-state index < -0.39 is 0 Å². The van der Waals surface area contributed by atoms with Crippen LogP contribution in [0.5, 0.6) is 0 Å². The molecule has 2 aromatic carbocycles. The number of carbonyl (C=O) groups is 1. The molecular formula is C19H13ClN2O2S. The molecule has 2 aromatic heterocycles. The van der Waals surface area contributed by atoms with Gasteiger partial charge in [0.25, 0.3) is 5.91 Å². The van der Waals surface area contributed by atoms with Crippen LogP contribution in [0.3, 0.4) is 0 Å². The molecular weight excluding hydrogens is 356 g/mol. The maximum atomic E-state index is 12.3. The van der Waals surface area contributed by atoms with Crippen LogP contribution in [0.15, 0.2) is 59.0 Å². The average molecular weight is 369 g/mol. The van der Waals surface area contributed by atoms with E-state index in [1.165, 1.54) is 11.5 Å². The van der Waals surface area contributed by atoms with Gasteiger partial charge in [0.15, 0.2) is 5.69 Å². The molecule has 0 spiro atoms. The standard InChI is InChI=1S/C19H13ClN2O2S/c1-11-17(20)18(22-25-11)19(23)21-14-8-6-12(7-9-14)16-10-13-4-2-3-5-15(13)24-16/h2-10H,1H3,(H,21,23). The molecule has 0 saturated carbocycles. The summed E-state index contributed by atoms with van der Waals surface area (Å²) in [6.45, 7) is 1.83. The molecule has 0 saturated heterocycles. The van der Waals surface area contributed by atoms with Crippen LogP contribution in [-0.4, -0.2) is 10.3 Å². The summed E-state index contributed by atoms with van der Waals surface area (Å²) in [5.74, 6) is 0.475. The highest BCUT2D eigenvalue weighted by atomic mass is 35.5. The molecule has 0 atom stereocenters. The first-order valence-electron chi connectivity index (χ1n) is 7.64. The topological polar surface area (TPSA) is 55.1 Å². The Bertz CT molecular complexity index is 1030. The summed E-state index contributed by atoms with van der Waals surface area (Å²) >= 11 is 7.30. The van der Waals surface area contributed by atoms with Crippen molar-refractivity contribution in [3.63, 3.8) is 0 Å². The lowest BCUT2D eigenvalue weighted by Crippen LogP contribution is -2.12. The third kappa shape index (κ3) is 3.04. The Labute approximate surface area is 153 Å². The molecule has 1 N–H and O–H groups in total. The van der Waals surface area contributed by atoms with Crippen molar-refractivity contribution in [2.45, 2.75) is 6.92 Å². The van der Waals surface area contributed by atoms with Gasteiger partial charge in [0.1, 0.15) is 11.3 Å². The molecule has 0 bridgehead atoms. The number of anilines is 1. The second-order valence-electron chi connectivity index (χ2n) is 5.58. The Morgan fingerprint density at radius 1 is 1.16 bits per heavy atom. The van der Waals surface area contributed by atoms with Gasteiger partial charge in [-0.05, 0) is 54.9 Å². The maximum Gasteiger partial charge on any atom is 0.276 e. The normalized spacial score (nSPS) is 11.0. The lowest BCUT2D eigenvalue weighted by Gasteiger charge is -2.04. The van der Waals surface area contributed by atoms with E-state index in [1.54, 1.807) is 0 Å². The molecule has 0 unspecified atom stereocenters. The second kappa shape index (κ2) is 6.35. The number of nitrogens with zero attached hydrogens (tertiary/aromatic N) is 1. The highest BCUT2D eigenvalue weighted by Crippen LogP contribution is 2.29. The van der Waals surface area contributed by atoms with E-state index >= 15 is 0 Å². The Hall–Kier alpha value is -2.63. The van der Waals surface area contributed by atoms with Crippen LogP contribution in [0, 0.1) is 6.92 Å². The zero-order valence-electron chi connectivity index (χ0n) is 13.2. The molecule has 6 heteroatoms. The Morgan fingerprint density at radius 2 is 1.92 bits per heavy atom. The van der Waals surface area contributed by atoms with Crippen molar-refractivity contribution in [1.29, 1.82) is 0 Å². The number of para-hydroxylation sites is 1. The van der Waals surface area contributed by atoms with Crippen molar-refractivity contribution in [1.82, 2.24) is 4.37 Å². The number of fused-ring (bicyclic) bond motifs is 1. The summed E-state index contributed by atoms with van der Waals surface area (Å²) in [7, 11) is 0. The number of nitrogens with one attached hydrogen (secondary N) is 1. The van der Waals surface area contributed by atoms with Crippen LogP contribution in [0.1, 0.15) is 15.4 Å². The first kappa shape index (κ1) is 15.9. The predicted molar refractivity (Wildman–Crippen MR) is 101 cm³/mol. The molecule has 4 nitrogen and oxygen atoms in total. The maximum absolute atomic E-state index is 12.3. The highest BCUT2D eigenvalue weighted by Gasteiger charge is 2.16. The van der Waals surface area contributed by atoms with Crippen molar-refractivity contribution < 1.29 is 9.21 Å². The van der Waals surface area contributed by atoms with E-state index in [1.807, 2.05) is 61.5 Å². The van der Waals surface area contributed by atoms with Crippen LogP contribution >= 0.6 is 23.1 Å². The summed E-state index contributed by atoms with van der Waals surface area (Å²) in [6.07, 6.45) is 0. The van der Waals surface area contributed by atoms with Gasteiger partial charge in [0.2, 0.25) is 0 Å². The molecule has 124 valence electrons. The molecule has 4 rings (SSSR count). The van der Waals surface area contributed by atoms with Gasteiger partial charge in [-0.3, -0.25) is 4.79 Å². The minimum absolute atomic E-state index is 0.255. The van der Waals surface area contributed by atoms with Gasteiger partial charge in [-0.15, -0.1) is 0 Å². The van der Waals surface area contributed by atoms with Crippen molar-refractivity contribution >= 4 is 45.7 Å². The van der Waals surface area contributed by atoms with Crippen molar-refractivity contribution in [2.75, 3.05) is 5.32 Å². The van der Waals surface area contributed by atoms with Gasteiger partial charge < -0.3 is 9.73 Å². The number of carbonyl (C=O) groups excluding carboxylic acids is 1. The van der Waals surface area contributed by atoms with E-state index in [2.05, 4.69) is 9.69 Å². The summed E-state index contributed by atoms with van der Waals surface area (Å²) in [5, 5.41) is 4.27. The Balaban J connectivity index is 1.55. The van der Waals surface area contributed by atoms with Gasteiger partial charge in [0.05, 0.1) is 5.02 Å². The molecule has 25 heavy (non-hydrogen) atoms. The van der Waals surface area contributed by atoms with E-state index in [0.29, 0.717) is 10.7 Å². The van der Waals surface area contributed by atoms with E-state index in [-0.39, 0.29) is 11.6 Å². The smallest absolute Gasteiger partial charge is 0.276 e. The molecule has 0 aliphatic heterocycles. The van der Waals surface area contributed by atoms with Crippen LogP contribution in [-0.2, 0) is 0 Å². The number of rotatable bonds is 3. The number of halogens is 1. The van der Waals surface area contributed by atoms with Crippen molar-refractivity contribution in [3.05, 3.63) is 70.2 Å². The van der Waals surface area contributed by atoms with Gasteiger partial charge in [-0.1, -0.05) is 29.8 Å². The number of hydrogen-bond donors (Lipinski definition) is 1. The minimum atomic E-state index is -0.314. The summed E-state index contributed by atoms with van der Waals surface area (Å²) in [5.41, 5.74) is 2.72. The molecule has 0 fully saturated rings. The third-order valence-corrected chi connectivity index (χ3v) is 5.19. The summed E-state index contributed by atoms with van der Waals surface area (Å²) in [4.78, 5) is 13.1. The van der Waals surface area contributed by atoms with Gasteiger partial charge >= 0.3 is 0 Å². The monoisotopic (exact) mass is 368 g/mol. The number of hydrogen-bond acceptors (Lipinski definition) is 4. The van der Waals surface area contributed by atoms with Crippen LogP contribution < -0.4 is 5.32 Å². The second-order valence-corrected chi connectivity index (χ2v) is 6.94. The fraction of sp³-hybridized carbons (Fsp3) is 0.0526. The zero-order chi connectivity index (χ0) is 17.4. The molecule has 4 aromatic rings. The minimum Gasteiger partial charge on any atom is -0.456 e. The van der Waals surface area contributed by atoms with E-state index in [9.17, 15) is 4.79 Å². The molecule has 0 aliphatic carbocycles. The van der Waals surface area contributed by atoms with Crippen molar-refractivity contribution in [2.24, 2.45) is 0 Å². The largest absolute Gasteiger partial charge is 0.456 e. The van der Waals surface area contributed by atoms with Crippen LogP contribution in [0.4, 0.5) is 5.69 Å². The third-order valence-electron chi connectivity index (χ3n) is 3.86. The Morgan fingerprint density at radius 3 is 2.60 bits per heavy atom. The summed E-state index contributed by atoms with van der Waals surface area (Å²) in [6, 6.07) is 17.3. The van der Waals surface area contributed by atoms with Crippen LogP contribution in [0.25, 0.3) is 22.3 Å². The summed E-state index contributed by atoms with van der Waals surface area (Å²) < 4.78 is 9.93. The zero-order valence-corrected chi connectivity index (χ0v) is 14.8. The highest BCUT2D eigenvalue weighted by molar-refractivity contribution is 7.06. The number of aryl methyl sites for hydroxylation is 1. The van der Waals surface area contributed by atoms with E-state index in [0.717, 1.165) is 27.2 Å². The SMILES string of the molecule is Cc1snc(C(=O)Nc2ccc(-c3cc4ccccc4o3)cc2)c1Cl.